The van der Waals surface area contributed by atoms with Crippen molar-refractivity contribution in [2.75, 3.05) is 11.9 Å². The number of para-hydroxylation sites is 1. The van der Waals surface area contributed by atoms with Crippen LogP contribution in [0.4, 0.5) is 5.69 Å². The van der Waals surface area contributed by atoms with Crippen molar-refractivity contribution in [3.05, 3.63) is 42.6 Å². The van der Waals surface area contributed by atoms with Crippen molar-refractivity contribution in [2.24, 2.45) is 0 Å². The van der Waals surface area contributed by atoms with Crippen molar-refractivity contribution in [1.82, 2.24) is 0 Å². The third-order valence-electron chi connectivity index (χ3n) is 1.77. The van der Waals surface area contributed by atoms with Gasteiger partial charge >= 0.3 is 0 Å². The molecule has 0 aromatic heterocycles. The van der Waals surface area contributed by atoms with E-state index in [9.17, 15) is 0 Å². The third kappa shape index (κ3) is 9.68. The first-order valence-corrected chi connectivity index (χ1v) is 6.66. The molecule has 1 heteroatoms. The molecule has 0 unspecified atom stereocenters. The molecule has 0 fully saturated rings. The van der Waals surface area contributed by atoms with E-state index in [-0.39, 0.29) is 0 Å². The zero-order chi connectivity index (χ0) is 14.3. The molecule has 0 saturated carbocycles. The number of aryl methyl sites for hydroxylation is 1. The number of rotatable bonds is 2. The average molecular weight is 237 g/mol. The molecule has 1 aromatic carbocycles. The molecule has 1 rings (SSSR count). The molecule has 100 valence electrons. The highest BCUT2D eigenvalue weighted by Crippen LogP contribution is 2.17. The zero-order valence-corrected chi connectivity index (χ0v) is 13.0. The maximum Gasteiger partial charge on any atom is 0.0432 e. The Morgan fingerprint density at radius 3 is 1.71 bits per heavy atom. The van der Waals surface area contributed by atoms with Gasteiger partial charge in [0.15, 0.2) is 0 Å². The Morgan fingerprint density at radius 1 is 0.941 bits per heavy atom. The lowest BCUT2D eigenvalue weighted by Gasteiger charge is -2.15. The number of hydrogen-bond acceptors (Lipinski definition) is 1. The second kappa shape index (κ2) is 17.2. The first kappa shape index (κ1) is 21.1. The monoisotopic (exact) mass is 237 g/mol. The van der Waals surface area contributed by atoms with E-state index in [1.165, 1.54) is 11.3 Å². The van der Waals surface area contributed by atoms with Gasteiger partial charge in [0, 0.05) is 12.7 Å². The summed E-state index contributed by atoms with van der Waals surface area (Å²) in [5, 5.41) is 0. The van der Waals surface area contributed by atoms with Crippen molar-refractivity contribution < 1.29 is 0 Å². The molecule has 0 spiro atoms. The highest BCUT2D eigenvalue weighted by atomic mass is 15.1. The summed E-state index contributed by atoms with van der Waals surface area (Å²) in [5.41, 5.74) is 2.48. The fourth-order valence-electron chi connectivity index (χ4n) is 1.06. The molecule has 1 aromatic rings. The zero-order valence-electron chi connectivity index (χ0n) is 13.0. The molecular formula is C16H31N. The summed E-state index contributed by atoms with van der Waals surface area (Å²) >= 11 is 0. The molecular weight excluding hydrogens is 206 g/mol. The second-order valence-electron chi connectivity index (χ2n) is 2.58. The summed E-state index contributed by atoms with van der Waals surface area (Å²) < 4.78 is 0. The predicted molar refractivity (Wildman–Crippen MR) is 83.8 cm³/mol. The Labute approximate surface area is 109 Å². The van der Waals surface area contributed by atoms with Crippen molar-refractivity contribution >= 4 is 5.69 Å². The third-order valence-corrected chi connectivity index (χ3v) is 1.77. The Kier molecular flexibility index (Phi) is 21.3. The first-order chi connectivity index (χ1) is 8.25. The Balaban J connectivity index is -0.000000285. The van der Waals surface area contributed by atoms with E-state index in [2.05, 4.69) is 25.6 Å². The van der Waals surface area contributed by atoms with Gasteiger partial charge in [-0.15, -0.1) is 0 Å². The van der Waals surface area contributed by atoms with Gasteiger partial charge in [-0.1, -0.05) is 66.3 Å². The lowest BCUT2D eigenvalue weighted by Crippen LogP contribution is -2.07. The van der Waals surface area contributed by atoms with Crippen molar-refractivity contribution in [1.29, 1.82) is 0 Å². The van der Waals surface area contributed by atoms with Crippen LogP contribution in [0.1, 0.15) is 47.1 Å². The van der Waals surface area contributed by atoms with Gasteiger partial charge in [-0.3, -0.25) is 0 Å². The van der Waals surface area contributed by atoms with Crippen LogP contribution in [0.15, 0.2) is 37.0 Å². The topological polar surface area (TPSA) is 3.24 Å². The van der Waals surface area contributed by atoms with Gasteiger partial charge in [0.05, 0.1) is 0 Å². The van der Waals surface area contributed by atoms with Crippen LogP contribution in [0, 0.1) is 6.92 Å². The van der Waals surface area contributed by atoms with Crippen LogP contribution in [0.2, 0.25) is 0 Å². The van der Waals surface area contributed by atoms with E-state index < -0.39 is 0 Å². The van der Waals surface area contributed by atoms with Crippen LogP contribution in [0.3, 0.4) is 0 Å². The number of nitrogens with zero attached hydrogens (tertiary/aromatic N) is 1. The Morgan fingerprint density at radius 2 is 1.35 bits per heavy atom. The Bertz CT molecular complexity index is 253. The highest BCUT2D eigenvalue weighted by molar-refractivity contribution is 5.53. The van der Waals surface area contributed by atoms with Gasteiger partial charge in [-0.2, -0.15) is 0 Å². The molecule has 0 aliphatic carbocycles. The molecule has 0 saturated heterocycles. The molecule has 0 aliphatic rings. The SMILES string of the molecule is C=CN(C)c1ccccc1C.CC.CC.CC. The molecule has 0 bridgehead atoms. The highest BCUT2D eigenvalue weighted by Gasteiger charge is 1.97. The lowest BCUT2D eigenvalue weighted by molar-refractivity contribution is 1.18. The minimum atomic E-state index is 1.21. The minimum Gasteiger partial charge on any atom is -0.351 e. The van der Waals surface area contributed by atoms with Crippen LogP contribution >= 0.6 is 0 Å². The van der Waals surface area contributed by atoms with Crippen LogP contribution < -0.4 is 4.90 Å². The van der Waals surface area contributed by atoms with Gasteiger partial charge in [0.2, 0.25) is 0 Å². The summed E-state index contributed by atoms with van der Waals surface area (Å²) in [4.78, 5) is 2.01. The molecule has 0 aliphatic heterocycles. The summed E-state index contributed by atoms with van der Waals surface area (Å²) in [6.07, 6.45) is 1.81. The average Bonchev–Trinajstić information content (AvgIpc) is 2.45. The fraction of sp³-hybridized carbons (Fsp3) is 0.500. The first-order valence-electron chi connectivity index (χ1n) is 6.66. The van der Waals surface area contributed by atoms with Crippen molar-refractivity contribution in [3.8, 4) is 0 Å². The maximum atomic E-state index is 3.70. The summed E-state index contributed by atoms with van der Waals surface area (Å²) in [5.74, 6) is 0. The quantitative estimate of drug-likeness (QED) is 0.642. The van der Waals surface area contributed by atoms with Gasteiger partial charge in [-0.25, -0.2) is 0 Å². The van der Waals surface area contributed by atoms with Gasteiger partial charge in [0.25, 0.3) is 0 Å². The van der Waals surface area contributed by atoms with E-state index in [0.29, 0.717) is 0 Å². The predicted octanol–water partition coefficient (Wildman–Crippen LogP) is 5.65. The number of hydrogen-bond donors (Lipinski definition) is 0. The van der Waals surface area contributed by atoms with Crippen LogP contribution in [0.5, 0.6) is 0 Å². The minimum absolute atomic E-state index is 1.21. The summed E-state index contributed by atoms with van der Waals surface area (Å²) in [6.45, 7) is 17.8. The van der Waals surface area contributed by atoms with Gasteiger partial charge in [0.1, 0.15) is 0 Å². The fourth-order valence-corrected chi connectivity index (χ4v) is 1.06. The maximum absolute atomic E-state index is 3.70. The molecule has 0 amide bonds. The van der Waals surface area contributed by atoms with Crippen LogP contribution in [-0.2, 0) is 0 Å². The molecule has 0 atom stereocenters. The lowest BCUT2D eigenvalue weighted by atomic mass is 10.2. The molecule has 17 heavy (non-hydrogen) atoms. The van der Waals surface area contributed by atoms with Crippen LogP contribution in [-0.4, -0.2) is 7.05 Å². The van der Waals surface area contributed by atoms with E-state index in [1.54, 1.807) is 0 Å². The Hall–Kier alpha value is -1.24. The van der Waals surface area contributed by atoms with E-state index in [0.717, 1.165) is 0 Å². The molecule has 0 heterocycles. The number of benzene rings is 1. The normalized spacial score (nSPS) is 7.06. The summed E-state index contributed by atoms with van der Waals surface area (Å²) in [7, 11) is 2.00. The number of anilines is 1. The van der Waals surface area contributed by atoms with Gasteiger partial charge < -0.3 is 4.90 Å². The van der Waals surface area contributed by atoms with Crippen LogP contribution in [0.25, 0.3) is 0 Å². The summed E-state index contributed by atoms with van der Waals surface area (Å²) in [6, 6.07) is 8.24. The largest absolute Gasteiger partial charge is 0.351 e. The molecule has 0 N–H and O–H groups in total. The van der Waals surface area contributed by atoms with E-state index in [1.807, 2.05) is 71.8 Å². The van der Waals surface area contributed by atoms with Crippen molar-refractivity contribution in [3.63, 3.8) is 0 Å². The molecule has 1 nitrogen and oxygen atoms in total. The smallest absolute Gasteiger partial charge is 0.0432 e. The standard InChI is InChI=1S/C10H13N.3C2H6/c1-4-11(3)10-8-6-5-7-9(10)2;3*1-2/h4-8H,1H2,2-3H3;3*1-2H3. The molecule has 0 radical (unpaired) electrons. The second-order valence-corrected chi connectivity index (χ2v) is 2.58. The van der Waals surface area contributed by atoms with E-state index >= 15 is 0 Å². The van der Waals surface area contributed by atoms with E-state index in [4.69, 9.17) is 0 Å². The van der Waals surface area contributed by atoms with Gasteiger partial charge in [-0.05, 0) is 24.8 Å². The van der Waals surface area contributed by atoms with Crippen molar-refractivity contribution in [2.45, 2.75) is 48.5 Å².